The second-order valence-corrected chi connectivity index (χ2v) is 25.3. The molecule has 0 unspecified atom stereocenters. The molecule has 9 nitrogen and oxygen atoms in total. The van der Waals surface area contributed by atoms with Crippen molar-refractivity contribution >= 4 is 87.2 Å². The zero-order valence-electron chi connectivity index (χ0n) is 53.4. The van der Waals surface area contributed by atoms with E-state index < -0.39 is 0 Å². The molecule has 0 spiro atoms. The van der Waals surface area contributed by atoms with Crippen molar-refractivity contribution in [2.24, 2.45) is 0 Å². The van der Waals surface area contributed by atoms with E-state index >= 15 is 0 Å². The molecule has 6 heterocycles. The molecule has 0 atom stereocenters. The molecule has 6 aromatic heterocycles. The summed E-state index contributed by atoms with van der Waals surface area (Å²) in [5, 5.41) is 9.44. The molecule has 0 N–H and O–H groups in total. The van der Waals surface area contributed by atoms with Crippen LogP contribution in [0.15, 0.2) is 285 Å². The van der Waals surface area contributed by atoms with Gasteiger partial charge in [0.25, 0.3) is 0 Å². The van der Waals surface area contributed by atoms with Crippen LogP contribution in [0.2, 0.25) is 0 Å². The van der Waals surface area contributed by atoms with Gasteiger partial charge in [-0.1, -0.05) is 209 Å². The Morgan fingerprint density at radius 1 is 0.250 bits per heavy atom. The van der Waals surface area contributed by atoms with Crippen LogP contribution in [0.3, 0.4) is 0 Å². The van der Waals surface area contributed by atoms with Crippen LogP contribution in [0.25, 0.3) is 167 Å². The van der Waals surface area contributed by atoms with Crippen molar-refractivity contribution in [2.45, 2.75) is 52.4 Å². The molecule has 0 saturated heterocycles. The maximum Gasteiger partial charge on any atom is 0.238 e. The van der Waals surface area contributed by atoms with Crippen molar-refractivity contribution in [3.05, 3.63) is 296 Å². The molecule has 0 aliphatic heterocycles. The average molecular weight is 1240 g/mol. The van der Waals surface area contributed by atoms with Gasteiger partial charge in [-0.25, -0.2) is 15.0 Å². The van der Waals surface area contributed by atoms with Gasteiger partial charge in [0.2, 0.25) is 5.95 Å². The number of fused-ring (bicyclic) bond motifs is 13. The third kappa shape index (κ3) is 9.56. The Hall–Kier alpha value is -12.1. The van der Waals surface area contributed by atoms with Crippen molar-refractivity contribution in [2.75, 3.05) is 0 Å². The fourth-order valence-corrected chi connectivity index (χ4v) is 14.8. The van der Waals surface area contributed by atoms with Crippen LogP contribution in [-0.2, 0) is 12.8 Å². The molecule has 0 bridgehead atoms. The van der Waals surface area contributed by atoms with Crippen LogP contribution in [0, 0.1) is 0 Å². The second kappa shape index (κ2) is 23.5. The molecule has 0 radical (unpaired) electrons. The first-order valence-corrected chi connectivity index (χ1v) is 33.6. The zero-order valence-corrected chi connectivity index (χ0v) is 53.4. The highest BCUT2D eigenvalue weighted by Gasteiger charge is 2.26. The molecule has 18 rings (SSSR count). The van der Waals surface area contributed by atoms with E-state index in [1.165, 1.54) is 54.2 Å². The van der Waals surface area contributed by atoms with Gasteiger partial charge in [0.05, 0.1) is 44.1 Å². The molecule has 9 heteroatoms. The van der Waals surface area contributed by atoms with E-state index in [4.69, 9.17) is 24.9 Å². The summed E-state index contributed by atoms with van der Waals surface area (Å²) in [6, 6.07) is 103. The summed E-state index contributed by atoms with van der Waals surface area (Å²) in [5.74, 6) is 3.97. The van der Waals surface area contributed by atoms with Crippen LogP contribution >= 0.6 is 0 Å². The smallest absolute Gasteiger partial charge is 0.238 e. The number of aromatic nitrogens is 9. The van der Waals surface area contributed by atoms with Gasteiger partial charge in [0.15, 0.2) is 17.5 Å². The van der Waals surface area contributed by atoms with E-state index in [2.05, 4.69) is 305 Å². The fraction of sp³-hybridized carbons (Fsp3) is 0.0920. The second-order valence-electron chi connectivity index (χ2n) is 25.3. The summed E-state index contributed by atoms with van der Waals surface area (Å²) in [6.07, 6.45) is 6.38. The van der Waals surface area contributed by atoms with E-state index in [0.717, 1.165) is 139 Å². The number of rotatable bonds is 15. The van der Waals surface area contributed by atoms with Crippen molar-refractivity contribution in [1.82, 2.24) is 43.2 Å². The van der Waals surface area contributed by atoms with Crippen molar-refractivity contribution in [3.8, 4) is 79.7 Å². The number of nitrogens with zero attached hydrogens (tertiary/aromatic N) is 9. The van der Waals surface area contributed by atoms with Crippen molar-refractivity contribution in [1.29, 1.82) is 0 Å². The Balaban J connectivity index is 0.854. The lowest BCUT2D eigenvalue weighted by Gasteiger charge is -2.15. The summed E-state index contributed by atoms with van der Waals surface area (Å²) in [4.78, 5) is 27.5. The van der Waals surface area contributed by atoms with Gasteiger partial charge < -0.3 is 4.57 Å². The van der Waals surface area contributed by atoms with E-state index in [-0.39, 0.29) is 0 Å². The summed E-state index contributed by atoms with van der Waals surface area (Å²) in [7, 11) is 0. The summed E-state index contributed by atoms with van der Waals surface area (Å²) >= 11 is 0. The van der Waals surface area contributed by atoms with Crippen LogP contribution in [-0.4, -0.2) is 43.2 Å². The Morgan fingerprint density at radius 2 is 0.615 bits per heavy atom. The number of aryl methyl sites for hydroxylation is 2. The van der Waals surface area contributed by atoms with Crippen LogP contribution in [0.5, 0.6) is 0 Å². The Morgan fingerprint density at radius 3 is 1.06 bits per heavy atom. The molecule has 0 fully saturated rings. The SMILES string of the molecule is CCCCc1ccc2c(c1)c1c3c4cc(CCCC)ccc4n(-c4nc(-n5c6ccccc6c6ccccc65)cc(-n5c6ccccc6c6ccccc65)n4)c3ccc1n2-c1ccc(-c2nc(-c3cccc(-c4ccccc4)c3)nc(-c3cccc(-c4ccccc4)c3)n2)cc1. The highest BCUT2D eigenvalue weighted by molar-refractivity contribution is 6.29. The minimum Gasteiger partial charge on any atom is -0.309 e. The molecule has 0 aliphatic rings. The number of hydrogen-bond donors (Lipinski definition) is 0. The fourth-order valence-electron chi connectivity index (χ4n) is 14.8. The lowest BCUT2D eigenvalue weighted by atomic mass is 10.0. The standard InChI is InChI=1S/C87H65N9/c1-3-5-23-56-41-47-76-70(51-56)82-78(93(76)65-45-43-60(44-46-65)84-90-85(63-31-21-29-61(53-63)58-25-9-7-10-26-58)92-86(91-84)64-32-22-30-62(54-64)59-27-11-8-12-28-59)49-50-79-83(82)71-52-57(24-6-4-2)42-48-77(71)96(79)87-88-80(94-72-37-17-13-33-66(72)67-34-14-18-38-73(67)94)55-81(89-87)95-74-39-19-15-35-68(74)69-36-16-20-40-75(69)95/h7-22,25-55H,3-6,23-24H2,1-2H3. The van der Waals surface area contributed by atoms with Crippen LogP contribution in [0.4, 0.5) is 0 Å². The third-order valence-corrected chi connectivity index (χ3v) is 19.4. The first-order valence-electron chi connectivity index (χ1n) is 33.6. The van der Waals surface area contributed by atoms with Gasteiger partial charge in [-0.3, -0.25) is 13.7 Å². The number of para-hydroxylation sites is 4. The van der Waals surface area contributed by atoms with Crippen LogP contribution in [0.1, 0.15) is 50.7 Å². The topological polar surface area (TPSA) is 84.2 Å². The van der Waals surface area contributed by atoms with E-state index in [0.29, 0.717) is 23.4 Å². The molecular formula is C87H65N9. The summed E-state index contributed by atoms with van der Waals surface area (Å²) < 4.78 is 9.45. The van der Waals surface area contributed by atoms with Gasteiger partial charge in [-0.2, -0.15) is 9.97 Å². The normalized spacial score (nSPS) is 11.9. The minimum atomic E-state index is 0.590. The lowest BCUT2D eigenvalue weighted by Crippen LogP contribution is -2.10. The lowest BCUT2D eigenvalue weighted by molar-refractivity contribution is 0.796. The predicted molar refractivity (Wildman–Crippen MR) is 397 cm³/mol. The zero-order chi connectivity index (χ0) is 63.8. The highest BCUT2D eigenvalue weighted by atomic mass is 15.2. The van der Waals surface area contributed by atoms with E-state index in [9.17, 15) is 0 Å². The third-order valence-electron chi connectivity index (χ3n) is 19.4. The quantitative estimate of drug-likeness (QED) is 0.102. The largest absolute Gasteiger partial charge is 0.309 e. The van der Waals surface area contributed by atoms with E-state index in [1.807, 2.05) is 12.1 Å². The molecule has 458 valence electrons. The molecule has 12 aromatic carbocycles. The number of benzene rings is 12. The van der Waals surface area contributed by atoms with E-state index in [1.54, 1.807) is 0 Å². The number of unbranched alkanes of at least 4 members (excludes halogenated alkanes) is 2. The Kier molecular flexibility index (Phi) is 13.9. The maximum absolute atomic E-state index is 5.80. The summed E-state index contributed by atoms with van der Waals surface area (Å²) in [5.41, 5.74) is 19.5. The highest BCUT2D eigenvalue weighted by Crippen LogP contribution is 2.45. The Bertz CT molecular complexity index is 5710. The monoisotopic (exact) mass is 1240 g/mol. The first-order chi connectivity index (χ1) is 47.5. The molecule has 18 aromatic rings. The number of hydrogen-bond acceptors (Lipinski definition) is 5. The van der Waals surface area contributed by atoms with Gasteiger partial charge in [-0.05, 0) is 156 Å². The van der Waals surface area contributed by atoms with Crippen LogP contribution < -0.4 is 0 Å². The minimum absolute atomic E-state index is 0.590. The van der Waals surface area contributed by atoms with Gasteiger partial charge in [0, 0.05) is 71.5 Å². The van der Waals surface area contributed by atoms with Gasteiger partial charge >= 0.3 is 0 Å². The maximum atomic E-state index is 5.80. The Labute approximate surface area is 555 Å². The van der Waals surface area contributed by atoms with Crippen molar-refractivity contribution < 1.29 is 0 Å². The predicted octanol–water partition coefficient (Wildman–Crippen LogP) is 22.1. The summed E-state index contributed by atoms with van der Waals surface area (Å²) in [6.45, 7) is 4.55. The van der Waals surface area contributed by atoms with Gasteiger partial charge in [-0.15, -0.1) is 0 Å². The molecule has 0 saturated carbocycles. The molecule has 0 aliphatic carbocycles. The average Bonchev–Trinajstić information content (AvgIpc) is 1.55. The molecule has 0 amide bonds. The van der Waals surface area contributed by atoms with Gasteiger partial charge in [0.1, 0.15) is 11.6 Å². The molecule has 96 heavy (non-hydrogen) atoms. The molecular weight excluding hydrogens is 1170 g/mol. The first kappa shape index (κ1) is 56.7. The van der Waals surface area contributed by atoms with Crippen molar-refractivity contribution in [3.63, 3.8) is 0 Å².